The number of para-hydroxylation sites is 2. The fourth-order valence-corrected chi connectivity index (χ4v) is 6.90. The molecule has 0 fully saturated rings. The smallest absolute Gasteiger partial charge is 0.239 e. The summed E-state index contributed by atoms with van der Waals surface area (Å²) in [7, 11) is 0. The number of anilines is 2. The summed E-state index contributed by atoms with van der Waals surface area (Å²) in [5.74, 6) is 0.147. The largest absolute Gasteiger partial charge is 0.357 e. The summed E-state index contributed by atoms with van der Waals surface area (Å²) in [5, 5.41) is 8.95. The third-order valence-corrected chi connectivity index (χ3v) is 8.47. The third kappa shape index (κ3) is 4.24. The van der Waals surface area contributed by atoms with E-state index in [9.17, 15) is 9.59 Å². The van der Waals surface area contributed by atoms with Crippen molar-refractivity contribution in [1.29, 1.82) is 0 Å². The van der Waals surface area contributed by atoms with Gasteiger partial charge in [0, 0.05) is 28.6 Å². The van der Waals surface area contributed by atoms with Gasteiger partial charge in [0.25, 0.3) is 0 Å². The number of hydrogen-bond acceptors (Lipinski definition) is 5. The highest BCUT2D eigenvalue weighted by atomic mass is 32.1. The fraction of sp³-hybridized carbons (Fsp3) is 0.333. The van der Waals surface area contributed by atoms with Crippen molar-refractivity contribution in [2.45, 2.75) is 51.6 Å². The molecule has 2 N–H and O–H groups in total. The van der Waals surface area contributed by atoms with Gasteiger partial charge < -0.3 is 15.5 Å². The molecule has 184 valence electrons. The van der Waals surface area contributed by atoms with Crippen LogP contribution in [0.4, 0.5) is 11.4 Å². The van der Waals surface area contributed by atoms with Crippen molar-refractivity contribution in [3.8, 4) is 0 Å². The average molecular weight is 498 g/mol. The minimum Gasteiger partial charge on any atom is -0.357 e. The van der Waals surface area contributed by atoms with E-state index in [0.29, 0.717) is 6.42 Å². The lowest BCUT2D eigenvalue weighted by Gasteiger charge is -2.37. The molecule has 0 radical (unpaired) electrons. The van der Waals surface area contributed by atoms with Crippen molar-refractivity contribution < 1.29 is 9.59 Å². The van der Waals surface area contributed by atoms with Crippen LogP contribution < -0.4 is 15.5 Å². The van der Waals surface area contributed by atoms with Crippen LogP contribution in [0.3, 0.4) is 0 Å². The van der Waals surface area contributed by atoms with Crippen molar-refractivity contribution in [3.63, 3.8) is 0 Å². The number of amides is 1. The van der Waals surface area contributed by atoms with Crippen LogP contribution in [0, 0.1) is 5.41 Å². The number of carbonyl (C=O) groups excluding carboxylic acids is 2. The number of nitrogens with one attached hydrogen (secondary N) is 2. The zero-order chi connectivity index (χ0) is 24.9. The molecule has 1 amide bonds. The summed E-state index contributed by atoms with van der Waals surface area (Å²) in [6.45, 7) is 4.48. The Morgan fingerprint density at radius 1 is 1.03 bits per heavy atom. The van der Waals surface area contributed by atoms with E-state index < -0.39 is 0 Å². The first kappa shape index (κ1) is 23.0. The van der Waals surface area contributed by atoms with E-state index in [2.05, 4.69) is 65.8 Å². The lowest BCUT2D eigenvalue weighted by atomic mass is 9.74. The van der Waals surface area contributed by atoms with Gasteiger partial charge in [0.15, 0.2) is 5.78 Å². The summed E-state index contributed by atoms with van der Waals surface area (Å²) in [5.41, 5.74) is 6.19. The van der Waals surface area contributed by atoms with E-state index in [1.165, 1.54) is 11.1 Å². The molecule has 6 heteroatoms. The zero-order valence-electron chi connectivity index (χ0n) is 20.7. The van der Waals surface area contributed by atoms with Crippen LogP contribution in [0.5, 0.6) is 0 Å². The Balaban J connectivity index is 1.37. The summed E-state index contributed by atoms with van der Waals surface area (Å²) < 4.78 is 0. The highest BCUT2D eigenvalue weighted by Gasteiger charge is 2.42. The second-order valence-corrected chi connectivity index (χ2v) is 11.9. The first-order valence-electron chi connectivity index (χ1n) is 12.7. The molecule has 2 aromatic carbocycles. The van der Waals surface area contributed by atoms with E-state index in [1.54, 1.807) is 11.3 Å². The number of ketones is 1. The lowest BCUT2D eigenvalue weighted by molar-refractivity contribution is -0.121. The lowest BCUT2D eigenvalue weighted by Crippen LogP contribution is -2.45. The maximum absolute atomic E-state index is 13.7. The van der Waals surface area contributed by atoms with Crippen molar-refractivity contribution in [2.75, 3.05) is 16.8 Å². The molecule has 0 saturated heterocycles. The third-order valence-electron chi connectivity index (χ3n) is 7.55. The van der Waals surface area contributed by atoms with Gasteiger partial charge in [-0.2, -0.15) is 0 Å². The molecule has 0 bridgehead atoms. The Kier molecular flexibility index (Phi) is 5.72. The Bertz CT molecular complexity index is 1330. The summed E-state index contributed by atoms with van der Waals surface area (Å²) in [6, 6.07) is 20.4. The number of carbonyl (C=O) groups is 2. The van der Waals surface area contributed by atoms with Gasteiger partial charge >= 0.3 is 0 Å². The molecular weight excluding hydrogens is 466 g/mol. The average Bonchev–Trinajstić information content (AvgIpc) is 3.47. The van der Waals surface area contributed by atoms with Crippen molar-refractivity contribution in [3.05, 3.63) is 93.3 Å². The van der Waals surface area contributed by atoms with Crippen molar-refractivity contribution in [2.24, 2.45) is 5.41 Å². The number of Topliss-reactive ketones (excluding diaryl/α,β-unsaturated/α-hetero) is 1. The molecular formula is C30H31N3O2S. The number of hydrogen-bond donors (Lipinski definition) is 2. The number of allylic oxidation sites excluding steroid dienone is 1. The zero-order valence-corrected chi connectivity index (χ0v) is 21.5. The Labute approximate surface area is 216 Å². The van der Waals surface area contributed by atoms with Gasteiger partial charge in [0.1, 0.15) is 0 Å². The molecule has 2 aliphatic carbocycles. The molecule has 1 atom stereocenters. The molecule has 1 aliphatic heterocycles. The molecule has 1 unspecified atom stereocenters. The SMILES string of the molecule is CC1(C)CC(=O)C2=C(C1)Nc1ccccc1N(CC(=O)NC1Cc3ccccc3C1)C2c1cccs1. The molecule has 0 saturated carbocycles. The van der Waals surface area contributed by atoms with Gasteiger partial charge in [-0.05, 0) is 59.4 Å². The molecule has 1 aromatic heterocycles. The predicted octanol–water partition coefficient (Wildman–Crippen LogP) is 5.65. The van der Waals surface area contributed by atoms with Crippen LogP contribution in [0.25, 0.3) is 0 Å². The van der Waals surface area contributed by atoms with Crippen LogP contribution in [0.1, 0.15) is 48.7 Å². The number of thiophene rings is 1. The van der Waals surface area contributed by atoms with E-state index in [-0.39, 0.29) is 35.7 Å². The van der Waals surface area contributed by atoms with Crippen molar-refractivity contribution in [1.82, 2.24) is 5.32 Å². The minimum atomic E-state index is -0.300. The van der Waals surface area contributed by atoms with Gasteiger partial charge in [-0.3, -0.25) is 9.59 Å². The van der Waals surface area contributed by atoms with E-state index in [1.807, 2.05) is 29.6 Å². The van der Waals surface area contributed by atoms with E-state index in [4.69, 9.17) is 0 Å². The fourth-order valence-electron chi connectivity index (χ4n) is 6.06. The molecule has 0 spiro atoms. The Hall–Kier alpha value is -3.38. The Morgan fingerprint density at radius 3 is 2.47 bits per heavy atom. The summed E-state index contributed by atoms with van der Waals surface area (Å²) in [4.78, 5) is 30.4. The van der Waals surface area contributed by atoms with Crippen molar-refractivity contribution >= 4 is 34.4 Å². The summed E-state index contributed by atoms with van der Waals surface area (Å²) >= 11 is 1.64. The molecule has 5 nitrogen and oxygen atoms in total. The summed E-state index contributed by atoms with van der Waals surface area (Å²) in [6.07, 6.45) is 3.02. The molecule has 36 heavy (non-hydrogen) atoms. The van der Waals surface area contributed by atoms with Crippen LogP contribution >= 0.6 is 11.3 Å². The number of nitrogens with zero attached hydrogens (tertiary/aromatic N) is 1. The highest BCUT2D eigenvalue weighted by Crippen LogP contribution is 2.48. The van der Waals surface area contributed by atoms with Crippen LogP contribution in [0.15, 0.2) is 77.3 Å². The highest BCUT2D eigenvalue weighted by molar-refractivity contribution is 7.10. The second-order valence-electron chi connectivity index (χ2n) is 11.0. The monoisotopic (exact) mass is 497 g/mol. The standard InChI is InChI=1S/C30H31N3O2S/c1-30(2)16-23-28(25(34)17-30)29(26-12-7-13-36-26)33(24-11-6-5-10-22(24)32-23)18-27(35)31-21-14-19-8-3-4-9-20(19)15-21/h3-13,21,29,32H,14-18H2,1-2H3,(H,31,35). The van der Waals surface area contributed by atoms with Crippen LogP contribution in [-0.4, -0.2) is 24.3 Å². The molecule has 3 aliphatic rings. The van der Waals surface area contributed by atoms with E-state index in [0.717, 1.165) is 46.8 Å². The maximum atomic E-state index is 13.7. The van der Waals surface area contributed by atoms with Gasteiger partial charge in [0.05, 0.1) is 24.0 Å². The number of rotatable bonds is 4. The second kappa shape index (κ2) is 8.93. The maximum Gasteiger partial charge on any atom is 0.239 e. The normalized spacial score (nSPS) is 20.8. The minimum absolute atomic E-state index is 0.0168. The van der Waals surface area contributed by atoms with Crippen LogP contribution in [-0.2, 0) is 22.4 Å². The van der Waals surface area contributed by atoms with Gasteiger partial charge in [0.2, 0.25) is 5.91 Å². The first-order valence-corrected chi connectivity index (χ1v) is 13.5. The topological polar surface area (TPSA) is 61.4 Å². The van der Waals surface area contributed by atoms with Gasteiger partial charge in [-0.15, -0.1) is 11.3 Å². The number of fused-ring (bicyclic) bond motifs is 2. The molecule has 3 aromatic rings. The quantitative estimate of drug-likeness (QED) is 0.489. The Morgan fingerprint density at radius 2 is 1.75 bits per heavy atom. The molecule has 2 heterocycles. The molecule has 6 rings (SSSR count). The van der Waals surface area contributed by atoms with E-state index >= 15 is 0 Å². The van der Waals surface area contributed by atoms with Gasteiger partial charge in [-0.25, -0.2) is 0 Å². The van der Waals surface area contributed by atoms with Crippen LogP contribution in [0.2, 0.25) is 0 Å². The predicted molar refractivity (Wildman–Crippen MR) is 145 cm³/mol. The first-order chi connectivity index (χ1) is 17.4. The van der Waals surface area contributed by atoms with Gasteiger partial charge in [-0.1, -0.05) is 56.3 Å². The number of benzene rings is 2.